The van der Waals surface area contributed by atoms with Gasteiger partial charge in [-0.2, -0.15) is 10.1 Å². The van der Waals surface area contributed by atoms with Gasteiger partial charge in [0.1, 0.15) is 0 Å². The highest BCUT2D eigenvalue weighted by molar-refractivity contribution is 5.41. The lowest BCUT2D eigenvalue weighted by Crippen LogP contribution is -2.32. The van der Waals surface area contributed by atoms with Crippen molar-refractivity contribution in [3.63, 3.8) is 0 Å². The van der Waals surface area contributed by atoms with Crippen LogP contribution in [0.5, 0.6) is 0 Å². The zero-order valence-corrected chi connectivity index (χ0v) is 11.6. The van der Waals surface area contributed by atoms with Crippen molar-refractivity contribution in [2.45, 2.75) is 44.9 Å². The number of hydrogen-bond donors (Lipinski definition) is 0. The van der Waals surface area contributed by atoms with Gasteiger partial charge in [-0.05, 0) is 32.1 Å². The molecule has 5 heteroatoms. The molecule has 2 aliphatic rings. The molecule has 0 atom stereocenters. The first-order valence-corrected chi connectivity index (χ1v) is 7.63. The van der Waals surface area contributed by atoms with Crippen LogP contribution < -0.4 is 9.80 Å². The molecule has 0 N–H and O–H groups in total. The van der Waals surface area contributed by atoms with Crippen molar-refractivity contribution in [3.05, 3.63) is 6.20 Å². The van der Waals surface area contributed by atoms with E-state index in [9.17, 15) is 0 Å². The van der Waals surface area contributed by atoms with E-state index in [2.05, 4.69) is 20.0 Å². The summed E-state index contributed by atoms with van der Waals surface area (Å²) < 4.78 is 0. The van der Waals surface area contributed by atoms with Gasteiger partial charge in [0.15, 0.2) is 5.82 Å². The van der Waals surface area contributed by atoms with Crippen LogP contribution in [0.15, 0.2) is 6.20 Å². The summed E-state index contributed by atoms with van der Waals surface area (Å²) >= 11 is 0. The van der Waals surface area contributed by atoms with Crippen LogP contribution in [0, 0.1) is 0 Å². The van der Waals surface area contributed by atoms with Crippen LogP contribution in [0.1, 0.15) is 44.9 Å². The molecule has 1 aromatic rings. The summed E-state index contributed by atoms with van der Waals surface area (Å²) in [4.78, 5) is 9.39. The SMILES string of the molecule is c1nnc(N2CCCCCC2)nc1N1CCCCC1. The van der Waals surface area contributed by atoms with E-state index >= 15 is 0 Å². The Bertz CT molecular complexity index is 395. The van der Waals surface area contributed by atoms with E-state index in [1.54, 1.807) is 0 Å². The summed E-state index contributed by atoms with van der Waals surface area (Å²) in [5, 5.41) is 8.41. The maximum Gasteiger partial charge on any atom is 0.247 e. The quantitative estimate of drug-likeness (QED) is 0.817. The fraction of sp³-hybridized carbons (Fsp3) is 0.786. The van der Waals surface area contributed by atoms with Gasteiger partial charge in [0.2, 0.25) is 5.95 Å². The Hall–Kier alpha value is -1.39. The first-order chi connectivity index (χ1) is 9.43. The summed E-state index contributed by atoms with van der Waals surface area (Å²) in [6, 6.07) is 0. The molecule has 2 saturated heterocycles. The third kappa shape index (κ3) is 3.14. The molecule has 5 nitrogen and oxygen atoms in total. The summed E-state index contributed by atoms with van der Waals surface area (Å²) in [6.07, 6.45) is 10.8. The van der Waals surface area contributed by atoms with E-state index < -0.39 is 0 Å². The lowest BCUT2D eigenvalue weighted by atomic mass is 10.1. The Labute approximate surface area is 115 Å². The molecule has 0 spiro atoms. The summed E-state index contributed by atoms with van der Waals surface area (Å²) in [5.41, 5.74) is 0. The molecule has 2 aliphatic heterocycles. The Balaban J connectivity index is 1.74. The molecular weight excluding hydrogens is 238 g/mol. The van der Waals surface area contributed by atoms with Crippen LogP contribution >= 0.6 is 0 Å². The zero-order chi connectivity index (χ0) is 12.9. The Kier molecular flexibility index (Phi) is 4.10. The van der Waals surface area contributed by atoms with Crippen LogP contribution in [0.2, 0.25) is 0 Å². The highest BCUT2D eigenvalue weighted by Gasteiger charge is 2.17. The van der Waals surface area contributed by atoms with Gasteiger partial charge in [0.05, 0.1) is 6.20 Å². The van der Waals surface area contributed by atoms with Crippen molar-refractivity contribution in [1.82, 2.24) is 15.2 Å². The lowest BCUT2D eigenvalue weighted by Gasteiger charge is -2.28. The highest BCUT2D eigenvalue weighted by atomic mass is 15.3. The van der Waals surface area contributed by atoms with Gasteiger partial charge in [0.25, 0.3) is 0 Å². The van der Waals surface area contributed by atoms with E-state index in [4.69, 9.17) is 4.98 Å². The fourth-order valence-electron chi connectivity index (χ4n) is 2.97. The monoisotopic (exact) mass is 261 g/mol. The second-order valence-electron chi connectivity index (χ2n) is 5.56. The molecule has 0 bridgehead atoms. The van der Waals surface area contributed by atoms with E-state index in [0.29, 0.717) is 0 Å². The second-order valence-corrected chi connectivity index (χ2v) is 5.56. The smallest absolute Gasteiger partial charge is 0.247 e. The summed E-state index contributed by atoms with van der Waals surface area (Å²) in [7, 11) is 0. The van der Waals surface area contributed by atoms with Gasteiger partial charge in [-0.1, -0.05) is 12.8 Å². The second kappa shape index (κ2) is 6.17. The Morgan fingerprint density at radius 3 is 2.00 bits per heavy atom. The van der Waals surface area contributed by atoms with Crippen LogP contribution in [0.3, 0.4) is 0 Å². The molecule has 19 heavy (non-hydrogen) atoms. The predicted octanol–water partition coefficient (Wildman–Crippen LogP) is 2.24. The van der Waals surface area contributed by atoms with Gasteiger partial charge in [-0.15, -0.1) is 5.10 Å². The van der Waals surface area contributed by atoms with Gasteiger partial charge in [0, 0.05) is 26.2 Å². The number of nitrogens with zero attached hydrogens (tertiary/aromatic N) is 5. The largest absolute Gasteiger partial charge is 0.355 e. The van der Waals surface area contributed by atoms with Crippen molar-refractivity contribution >= 4 is 11.8 Å². The van der Waals surface area contributed by atoms with Crippen LogP contribution in [-0.4, -0.2) is 41.4 Å². The average Bonchev–Trinajstić information content (AvgIpc) is 2.77. The average molecular weight is 261 g/mol. The van der Waals surface area contributed by atoms with Crippen LogP contribution in [-0.2, 0) is 0 Å². The van der Waals surface area contributed by atoms with Gasteiger partial charge >= 0.3 is 0 Å². The molecule has 3 rings (SSSR count). The zero-order valence-electron chi connectivity index (χ0n) is 11.6. The summed E-state index contributed by atoms with van der Waals surface area (Å²) in [6.45, 7) is 4.37. The molecule has 1 aromatic heterocycles. The number of piperidine rings is 1. The van der Waals surface area contributed by atoms with Crippen molar-refractivity contribution in [1.29, 1.82) is 0 Å². The number of aromatic nitrogens is 3. The van der Waals surface area contributed by atoms with Crippen molar-refractivity contribution < 1.29 is 0 Å². The molecule has 0 aromatic carbocycles. The van der Waals surface area contributed by atoms with Crippen molar-refractivity contribution in [3.8, 4) is 0 Å². The summed E-state index contributed by atoms with van der Waals surface area (Å²) in [5.74, 6) is 1.83. The number of anilines is 2. The van der Waals surface area contributed by atoms with Crippen molar-refractivity contribution in [2.75, 3.05) is 36.0 Å². The van der Waals surface area contributed by atoms with E-state index in [1.807, 2.05) is 6.20 Å². The first-order valence-electron chi connectivity index (χ1n) is 7.63. The minimum absolute atomic E-state index is 0.824. The van der Waals surface area contributed by atoms with Crippen LogP contribution in [0.25, 0.3) is 0 Å². The minimum atomic E-state index is 0.824. The highest BCUT2D eigenvalue weighted by Crippen LogP contribution is 2.20. The number of rotatable bonds is 2. The molecule has 0 unspecified atom stereocenters. The molecule has 3 heterocycles. The van der Waals surface area contributed by atoms with Gasteiger partial charge in [-0.25, -0.2) is 0 Å². The maximum atomic E-state index is 4.74. The minimum Gasteiger partial charge on any atom is -0.355 e. The van der Waals surface area contributed by atoms with E-state index in [0.717, 1.165) is 37.9 Å². The molecule has 0 amide bonds. The maximum absolute atomic E-state index is 4.74. The fourth-order valence-corrected chi connectivity index (χ4v) is 2.97. The molecule has 0 saturated carbocycles. The molecule has 2 fully saturated rings. The van der Waals surface area contributed by atoms with Gasteiger partial charge < -0.3 is 9.80 Å². The molecule has 104 valence electrons. The standard InChI is InChI=1S/C14H23N5/c1-2-5-11-19(10-4-1)14-16-13(12-15-17-14)18-8-6-3-7-9-18/h12H,1-11H2. The topological polar surface area (TPSA) is 45.2 Å². The van der Waals surface area contributed by atoms with Gasteiger partial charge in [-0.3, -0.25) is 0 Å². The molecular formula is C14H23N5. The lowest BCUT2D eigenvalue weighted by molar-refractivity contribution is 0.571. The molecule has 0 radical (unpaired) electrons. The van der Waals surface area contributed by atoms with E-state index in [1.165, 1.54) is 44.9 Å². The third-order valence-electron chi connectivity index (χ3n) is 4.10. The Morgan fingerprint density at radius 2 is 1.32 bits per heavy atom. The first kappa shape index (κ1) is 12.6. The third-order valence-corrected chi connectivity index (χ3v) is 4.10. The van der Waals surface area contributed by atoms with Crippen molar-refractivity contribution in [2.24, 2.45) is 0 Å². The normalized spacial score (nSPS) is 21.3. The number of hydrogen-bond acceptors (Lipinski definition) is 5. The van der Waals surface area contributed by atoms with E-state index in [-0.39, 0.29) is 0 Å². The molecule has 0 aliphatic carbocycles. The predicted molar refractivity (Wildman–Crippen MR) is 76.6 cm³/mol. The Morgan fingerprint density at radius 1 is 0.737 bits per heavy atom. The van der Waals surface area contributed by atoms with Crippen LogP contribution in [0.4, 0.5) is 11.8 Å².